The summed E-state index contributed by atoms with van der Waals surface area (Å²) in [5, 5.41) is 0. The quantitative estimate of drug-likeness (QED) is 0.628. The van der Waals surface area contributed by atoms with Crippen LogP contribution in [0.1, 0.15) is 15.9 Å². The average Bonchev–Trinajstić information content (AvgIpc) is 2.24. The molecule has 0 spiro atoms. The first-order chi connectivity index (χ1) is 8.13. The number of hydrogen-bond donors (Lipinski definition) is 0. The van der Waals surface area contributed by atoms with Gasteiger partial charge in [0.25, 0.3) is 0 Å². The van der Waals surface area contributed by atoms with Crippen LogP contribution in [0.5, 0.6) is 5.88 Å². The lowest BCUT2D eigenvalue weighted by Gasteiger charge is -2.14. The first-order valence-corrected chi connectivity index (χ1v) is 4.35. The van der Waals surface area contributed by atoms with Crippen molar-refractivity contribution in [1.29, 1.82) is 0 Å². The molecule has 0 N–H and O–H groups in total. The van der Waals surface area contributed by atoms with Gasteiger partial charge in [-0.1, -0.05) is 0 Å². The summed E-state index contributed by atoms with van der Waals surface area (Å²) in [6, 6.07) is 0.367. The van der Waals surface area contributed by atoms with E-state index in [1.807, 2.05) is 0 Å². The molecule has 0 unspecified atom stereocenters. The molecule has 1 rings (SSSR count). The van der Waals surface area contributed by atoms with Crippen LogP contribution in [0, 0.1) is 0 Å². The second-order valence-corrected chi connectivity index (χ2v) is 3.14. The molecule has 3 nitrogen and oxygen atoms in total. The minimum Gasteiger partial charge on any atom is -0.468 e. The highest BCUT2D eigenvalue weighted by Gasteiger charge is 2.37. The topological polar surface area (TPSA) is 39.2 Å². The van der Waals surface area contributed by atoms with E-state index in [9.17, 15) is 31.1 Å². The summed E-state index contributed by atoms with van der Waals surface area (Å²) in [5.41, 5.74) is -1.95. The molecular weight excluding hydrogens is 268 g/mol. The second-order valence-electron chi connectivity index (χ2n) is 3.14. The molecule has 0 saturated carbocycles. The van der Waals surface area contributed by atoms with Crippen LogP contribution in [0.25, 0.3) is 0 Å². The highest BCUT2D eigenvalue weighted by atomic mass is 19.4. The summed E-state index contributed by atoms with van der Waals surface area (Å²) in [6.45, 7) is -1.90. The third kappa shape index (κ3) is 3.90. The second kappa shape index (κ2) is 4.83. The van der Waals surface area contributed by atoms with Gasteiger partial charge in [0.15, 0.2) is 12.9 Å². The number of aromatic nitrogens is 1. The van der Waals surface area contributed by atoms with E-state index in [-0.39, 0.29) is 6.29 Å². The van der Waals surface area contributed by atoms with Crippen molar-refractivity contribution in [2.45, 2.75) is 12.4 Å². The smallest absolute Gasteiger partial charge is 0.422 e. The van der Waals surface area contributed by atoms with E-state index in [1.54, 1.807) is 0 Å². The molecule has 0 atom stereocenters. The van der Waals surface area contributed by atoms with Crippen molar-refractivity contribution in [1.82, 2.24) is 4.98 Å². The number of pyridine rings is 1. The van der Waals surface area contributed by atoms with Gasteiger partial charge in [-0.3, -0.25) is 4.79 Å². The first-order valence-electron chi connectivity index (χ1n) is 4.35. The maximum atomic E-state index is 12.5. The lowest BCUT2D eigenvalue weighted by atomic mass is 10.2. The average molecular weight is 273 g/mol. The van der Waals surface area contributed by atoms with Crippen LogP contribution in [0.2, 0.25) is 0 Å². The molecule has 0 saturated heterocycles. The maximum Gasteiger partial charge on any atom is 0.422 e. The molecule has 0 radical (unpaired) electrons. The van der Waals surface area contributed by atoms with Crippen LogP contribution in [-0.4, -0.2) is 24.1 Å². The normalized spacial score (nSPS) is 12.3. The van der Waals surface area contributed by atoms with Gasteiger partial charge >= 0.3 is 12.4 Å². The predicted molar refractivity (Wildman–Crippen MR) is 46.2 cm³/mol. The molecule has 0 fully saturated rings. The van der Waals surface area contributed by atoms with Gasteiger partial charge in [-0.05, 0) is 6.07 Å². The van der Waals surface area contributed by atoms with Gasteiger partial charge < -0.3 is 4.74 Å². The number of alkyl halides is 6. The number of hydrogen-bond acceptors (Lipinski definition) is 3. The molecule has 0 amide bonds. The van der Waals surface area contributed by atoms with Gasteiger partial charge in [0.2, 0.25) is 5.88 Å². The fraction of sp³-hybridized carbons (Fsp3) is 0.333. The van der Waals surface area contributed by atoms with Crippen LogP contribution in [0.3, 0.4) is 0 Å². The minimum atomic E-state index is -4.97. The lowest BCUT2D eigenvalue weighted by Crippen LogP contribution is -2.21. The van der Waals surface area contributed by atoms with E-state index < -0.39 is 36.0 Å². The van der Waals surface area contributed by atoms with Crippen LogP contribution in [-0.2, 0) is 6.18 Å². The van der Waals surface area contributed by atoms with Crippen molar-refractivity contribution >= 4 is 6.29 Å². The molecule has 1 heterocycles. The van der Waals surface area contributed by atoms with Gasteiger partial charge in [0, 0.05) is 11.8 Å². The molecule has 0 aliphatic heterocycles. The largest absolute Gasteiger partial charge is 0.468 e. The molecule has 0 aromatic carbocycles. The van der Waals surface area contributed by atoms with Crippen LogP contribution < -0.4 is 4.74 Å². The van der Waals surface area contributed by atoms with Crippen LogP contribution >= 0.6 is 0 Å². The SMILES string of the molecule is O=Cc1cnc(OCC(F)(F)F)c(C(F)(F)F)c1. The van der Waals surface area contributed by atoms with E-state index in [2.05, 4.69) is 9.72 Å². The Kier molecular flexibility index (Phi) is 3.82. The highest BCUT2D eigenvalue weighted by molar-refractivity contribution is 5.74. The molecule has 0 aliphatic rings. The van der Waals surface area contributed by atoms with Gasteiger partial charge in [0.1, 0.15) is 5.56 Å². The number of carbonyl (C=O) groups excluding carboxylic acids is 1. The van der Waals surface area contributed by atoms with Crippen molar-refractivity contribution in [2.75, 3.05) is 6.61 Å². The molecule has 0 bridgehead atoms. The van der Waals surface area contributed by atoms with Gasteiger partial charge in [-0.15, -0.1) is 0 Å². The number of carbonyl (C=O) groups is 1. The summed E-state index contributed by atoms with van der Waals surface area (Å²) < 4.78 is 76.8. The van der Waals surface area contributed by atoms with Gasteiger partial charge in [-0.2, -0.15) is 26.3 Å². The van der Waals surface area contributed by atoms with E-state index in [1.165, 1.54) is 0 Å². The highest BCUT2D eigenvalue weighted by Crippen LogP contribution is 2.35. The Hall–Kier alpha value is -1.80. The lowest BCUT2D eigenvalue weighted by molar-refractivity contribution is -0.159. The summed E-state index contributed by atoms with van der Waals surface area (Å²) in [7, 11) is 0. The van der Waals surface area contributed by atoms with Crippen molar-refractivity contribution < 1.29 is 35.9 Å². The molecule has 1 aromatic rings. The van der Waals surface area contributed by atoms with Gasteiger partial charge in [-0.25, -0.2) is 4.98 Å². The molecule has 0 aliphatic carbocycles. The van der Waals surface area contributed by atoms with Crippen molar-refractivity contribution in [2.24, 2.45) is 0 Å². The Balaban J connectivity index is 3.07. The zero-order valence-corrected chi connectivity index (χ0v) is 8.47. The zero-order valence-electron chi connectivity index (χ0n) is 8.47. The Morgan fingerprint density at radius 3 is 2.28 bits per heavy atom. The van der Waals surface area contributed by atoms with E-state index in [0.717, 1.165) is 0 Å². The van der Waals surface area contributed by atoms with E-state index >= 15 is 0 Å². The van der Waals surface area contributed by atoms with Crippen molar-refractivity contribution in [3.05, 3.63) is 23.4 Å². The molecule has 18 heavy (non-hydrogen) atoms. The van der Waals surface area contributed by atoms with Crippen molar-refractivity contribution in [3.8, 4) is 5.88 Å². The Morgan fingerprint density at radius 1 is 1.22 bits per heavy atom. The Labute approximate surface area is 96.4 Å². The zero-order chi connectivity index (χ0) is 14.0. The number of nitrogens with zero attached hydrogens (tertiary/aromatic N) is 1. The third-order valence-electron chi connectivity index (χ3n) is 1.69. The van der Waals surface area contributed by atoms with E-state index in [0.29, 0.717) is 12.3 Å². The minimum absolute atomic E-state index is 0.0930. The summed E-state index contributed by atoms with van der Waals surface area (Å²) >= 11 is 0. The van der Waals surface area contributed by atoms with Crippen molar-refractivity contribution in [3.63, 3.8) is 0 Å². The summed E-state index contributed by atoms with van der Waals surface area (Å²) in [6.07, 6.45) is -8.97. The molecule has 1 aromatic heterocycles. The Bertz CT molecular complexity index is 440. The van der Waals surface area contributed by atoms with E-state index in [4.69, 9.17) is 0 Å². The molecule has 9 heteroatoms. The number of halogens is 6. The third-order valence-corrected chi connectivity index (χ3v) is 1.69. The summed E-state index contributed by atoms with van der Waals surface area (Å²) in [4.78, 5) is 13.3. The fourth-order valence-corrected chi connectivity index (χ4v) is 1.00. The van der Waals surface area contributed by atoms with Crippen LogP contribution in [0.4, 0.5) is 26.3 Å². The standard InChI is InChI=1S/C9H5F6NO2/c10-8(11,12)4-18-7-6(9(13,14)15)1-5(3-17)2-16-7/h1-3H,4H2. The molecular formula is C9H5F6NO2. The maximum absolute atomic E-state index is 12.5. The van der Waals surface area contributed by atoms with Gasteiger partial charge in [0.05, 0.1) is 0 Å². The summed E-state index contributed by atoms with van der Waals surface area (Å²) in [5.74, 6) is -1.22. The van der Waals surface area contributed by atoms with Crippen LogP contribution in [0.15, 0.2) is 12.3 Å². The number of ether oxygens (including phenoxy) is 1. The fourth-order valence-electron chi connectivity index (χ4n) is 1.00. The predicted octanol–water partition coefficient (Wildman–Crippen LogP) is 2.85. The number of rotatable bonds is 3. The Morgan fingerprint density at radius 2 is 1.83 bits per heavy atom. The first kappa shape index (κ1) is 14.3. The molecule has 100 valence electrons. The monoisotopic (exact) mass is 273 g/mol. The number of aldehydes is 1.